The van der Waals surface area contributed by atoms with Crippen LogP contribution in [0, 0.1) is 5.41 Å². The molecule has 0 saturated carbocycles. The first-order valence-electron chi connectivity index (χ1n) is 11.3. The summed E-state index contributed by atoms with van der Waals surface area (Å²) >= 11 is 0. The van der Waals surface area contributed by atoms with Gasteiger partial charge < -0.3 is 0 Å². The van der Waals surface area contributed by atoms with E-state index >= 15 is 0 Å². The molecule has 1 heterocycles. The second kappa shape index (κ2) is 6.98. The molecule has 4 nitrogen and oxygen atoms in total. The second-order valence-corrected chi connectivity index (χ2v) is 9.60. The van der Waals surface area contributed by atoms with Crippen LogP contribution in [-0.2, 0) is 12.6 Å². The van der Waals surface area contributed by atoms with Gasteiger partial charge in [-0.2, -0.15) is 13.2 Å². The molecule has 0 bridgehead atoms. The van der Waals surface area contributed by atoms with Crippen molar-refractivity contribution < 1.29 is 27.6 Å². The molecule has 2 spiro atoms. The fourth-order valence-electron chi connectivity index (χ4n) is 6.67. The van der Waals surface area contributed by atoms with Gasteiger partial charge in [-0.3, -0.25) is 19.3 Å². The Morgan fingerprint density at radius 1 is 0.771 bits per heavy atom. The van der Waals surface area contributed by atoms with E-state index in [0.29, 0.717) is 11.1 Å². The summed E-state index contributed by atoms with van der Waals surface area (Å²) in [6.07, 6.45) is -4.34. The number of ketones is 3. The maximum absolute atomic E-state index is 14.3. The highest BCUT2D eigenvalue weighted by Gasteiger charge is 2.77. The van der Waals surface area contributed by atoms with E-state index in [0.717, 1.165) is 17.7 Å². The van der Waals surface area contributed by atoms with Crippen molar-refractivity contribution in [1.29, 1.82) is 0 Å². The van der Waals surface area contributed by atoms with Crippen molar-refractivity contribution in [1.82, 2.24) is 4.90 Å². The molecule has 1 aliphatic heterocycles. The molecule has 6 rings (SSSR count). The van der Waals surface area contributed by atoms with E-state index < -0.39 is 40.2 Å². The van der Waals surface area contributed by atoms with E-state index in [-0.39, 0.29) is 29.9 Å². The third kappa shape index (κ3) is 2.54. The first-order chi connectivity index (χ1) is 16.6. The van der Waals surface area contributed by atoms with Crippen LogP contribution >= 0.6 is 0 Å². The lowest BCUT2D eigenvalue weighted by Gasteiger charge is -2.42. The zero-order valence-corrected chi connectivity index (χ0v) is 18.7. The summed E-state index contributed by atoms with van der Waals surface area (Å²) in [6.45, 7) is 0.177. The minimum absolute atomic E-state index is 0.156. The maximum atomic E-state index is 14.3. The fourth-order valence-corrected chi connectivity index (χ4v) is 6.67. The maximum Gasteiger partial charge on any atom is 0.416 e. The topological polar surface area (TPSA) is 54.5 Å². The SMILES string of the molecule is CN1C[C@H](c2ccc(C(F)(F)F)cc2)[C@]2(Cc3ccccc3C2=O)C12C(=O)c1ccccc1C2=O. The van der Waals surface area contributed by atoms with Gasteiger partial charge in [0.2, 0.25) is 0 Å². The van der Waals surface area contributed by atoms with E-state index in [4.69, 9.17) is 0 Å². The zero-order chi connectivity index (χ0) is 24.8. The Kier molecular flexibility index (Phi) is 4.37. The number of hydrogen-bond acceptors (Lipinski definition) is 4. The van der Waals surface area contributed by atoms with Crippen molar-refractivity contribution in [3.63, 3.8) is 0 Å². The Hall–Kier alpha value is -3.58. The Bertz CT molecular complexity index is 1390. The lowest BCUT2D eigenvalue weighted by atomic mass is 9.59. The molecule has 1 fully saturated rings. The number of carbonyl (C=O) groups excluding carboxylic acids is 3. The summed E-state index contributed by atoms with van der Waals surface area (Å²) in [7, 11) is 1.66. The van der Waals surface area contributed by atoms with Crippen LogP contribution in [0.25, 0.3) is 0 Å². The van der Waals surface area contributed by atoms with Crippen molar-refractivity contribution in [3.8, 4) is 0 Å². The minimum atomic E-state index is -4.50. The predicted octanol–water partition coefficient (Wildman–Crippen LogP) is 4.98. The largest absolute Gasteiger partial charge is 0.416 e. The lowest BCUT2D eigenvalue weighted by Crippen LogP contribution is -2.63. The van der Waals surface area contributed by atoms with Gasteiger partial charge in [0.15, 0.2) is 22.9 Å². The molecule has 35 heavy (non-hydrogen) atoms. The third-order valence-electron chi connectivity index (χ3n) is 8.12. The predicted molar refractivity (Wildman–Crippen MR) is 122 cm³/mol. The number of Topliss-reactive ketones (excluding diaryl/α,β-unsaturated/α-hetero) is 3. The van der Waals surface area contributed by atoms with Gasteiger partial charge in [-0.1, -0.05) is 60.7 Å². The zero-order valence-electron chi connectivity index (χ0n) is 18.7. The van der Waals surface area contributed by atoms with Crippen molar-refractivity contribution in [2.24, 2.45) is 5.41 Å². The molecule has 0 unspecified atom stereocenters. The van der Waals surface area contributed by atoms with E-state index in [1.807, 2.05) is 6.07 Å². The van der Waals surface area contributed by atoms with Crippen LogP contribution in [0.15, 0.2) is 72.8 Å². The molecule has 2 aliphatic carbocycles. The molecule has 3 aliphatic rings. The summed E-state index contributed by atoms with van der Waals surface area (Å²) < 4.78 is 39.7. The van der Waals surface area contributed by atoms with Crippen molar-refractivity contribution in [2.45, 2.75) is 24.1 Å². The van der Waals surface area contributed by atoms with Gasteiger partial charge >= 0.3 is 6.18 Å². The van der Waals surface area contributed by atoms with Crippen LogP contribution < -0.4 is 0 Å². The number of hydrogen-bond donors (Lipinski definition) is 0. The number of alkyl halides is 3. The first kappa shape index (κ1) is 21.9. The van der Waals surface area contributed by atoms with Crippen LogP contribution in [0.5, 0.6) is 0 Å². The van der Waals surface area contributed by atoms with Gasteiger partial charge in [0.25, 0.3) is 0 Å². The Morgan fingerprint density at radius 3 is 1.86 bits per heavy atom. The number of rotatable bonds is 1. The molecule has 0 radical (unpaired) electrons. The number of likely N-dealkylation sites (N-methyl/N-ethyl adjacent to an activating group) is 1. The minimum Gasteiger partial charge on any atom is -0.293 e. The van der Waals surface area contributed by atoms with Gasteiger partial charge in [0, 0.05) is 29.2 Å². The molecule has 176 valence electrons. The summed E-state index contributed by atoms with van der Waals surface area (Å²) in [5.41, 5.74) is -1.78. The highest BCUT2D eigenvalue weighted by molar-refractivity contribution is 6.36. The highest BCUT2D eigenvalue weighted by Crippen LogP contribution is 2.63. The van der Waals surface area contributed by atoms with E-state index in [9.17, 15) is 27.6 Å². The number of carbonyl (C=O) groups is 3. The summed E-state index contributed by atoms with van der Waals surface area (Å²) in [5.74, 6) is -1.80. The molecular weight excluding hydrogens is 455 g/mol. The Morgan fingerprint density at radius 2 is 1.31 bits per heavy atom. The highest BCUT2D eigenvalue weighted by atomic mass is 19.4. The molecule has 7 heteroatoms. The fraction of sp³-hybridized carbons (Fsp3) is 0.250. The smallest absolute Gasteiger partial charge is 0.293 e. The van der Waals surface area contributed by atoms with Crippen LogP contribution in [-0.4, -0.2) is 41.4 Å². The quantitative estimate of drug-likeness (QED) is 0.466. The molecule has 0 aromatic heterocycles. The normalized spacial score (nSPS) is 25.0. The number of halogens is 3. The van der Waals surface area contributed by atoms with E-state index in [2.05, 4.69) is 0 Å². The van der Waals surface area contributed by atoms with Gasteiger partial charge in [0.05, 0.1) is 11.0 Å². The van der Waals surface area contributed by atoms with Crippen LogP contribution in [0.1, 0.15) is 53.7 Å². The summed E-state index contributed by atoms with van der Waals surface area (Å²) in [5, 5.41) is 0. The van der Waals surface area contributed by atoms with E-state index in [1.165, 1.54) is 12.1 Å². The molecule has 1 saturated heterocycles. The lowest BCUT2D eigenvalue weighted by molar-refractivity contribution is -0.137. The molecule has 3 aromatic carbocycles. The monoisotopic (exact) mass is 475 g/mol. The molecular formula is C28H20F3NO3. The number of likely N-dealkylation sites (tertiary alicyclic amines) is 1. The van der Waals surface area contributed by atoms with Gasteiger partial charge in [-0.25, -0.2) is 0 Å². The second-order valence-electron chi connectivity index (χ2n) is 9.60. The molecule has 0 amide bonds. The van der Waals surface area contributed by atoms with Crippen LogP contribution in [0.2, 0.25) is 0 Å². The van der Waals surface area contributed by atoms with Crippen molar-refractivity contribution in [2.75, 3.05) is 13.6 Å². The molecule has 2 atom stereocenters. The van der Waals surface area contributed by atoms with Gasteiger partial charge in [-0.15, -0.1) is 0 Å². The summed E-state index contributed by atoms with van der Waals surface area (Å²) in [4.78, 5) is 44.1. The average Bonchev–Trinajstić information content (AvgIpc) is 3.38. The molecule has 0 N–H and O–H groups in total. The summed E-state index contributed by atoms with van der Waals surface area (Å²) in [6, 6.07) is 18.3. The van der Waals surface area contributed by atoms with Crippen LogP contribution in [0.4, 0.5) is 13.2 Å². The first-order valence-corrected chi connectivity index (χ1v) is 11.3. The number of fused-ring (bicyclic) bond motifs is 3. The third-order valence-corrected chi connectivity index (χ3v) is 8.12. The standard InChI is InChI=1S/C28H20F3NO3/c1-32-15-22(16-10-12-18(13-11-16)28(29,30)31)26(14-17-6-2-3-7-19(17)23(26)33)27(32)24(34)20-8-4-5-9-21(20)25(27)35/h2-13,22H,14-15H2,1H3/t22-,26+/m1/s1. The Labute approximate surface area is 199 Å². The van der Waals surface area contributed by atoms with E-state index in [1.54, 1.807) is 54.4 Å². The molecule has 3 aromatic rings. The van der Waals surface area contributed by atoms with Gasteiger partial charge in [-0.05, 0) is 36.7 Å². The average molecular weight is 475 g/mol. The van der Waals surface area contributed by atoms with Crippen molar-refractivity contribution in [3.05, 3.63) is 106 Å². The van der Waals surface area contributed by atoms with Crippen molar-refractivity contribution >= 4 is 17.3 Å². The number of benzene rings is 3. The van der Waals surface area contributed by atoms with Crippen LogP contribution in [0.3, 0.4) is 0 Å². The number of nitrogens with zero attached hydrogens (tertiary/aromatic N) is 1. The Balaban J connectivity index is 1.60. The van der Waals surface area contributed by atoms with Gasteiger partial charge in [0.1, 0.15) is 0 Å².